The van der Waals surface area contributed by atoms with Gasteiger partial charge in [0.15, 0.2) is 0 Å². The number of hydrogen-bond acceptors (Lipinski definition) is 3. The Morgan fingerprint density at radius 1 is 0.929 bits per heavy atom. The van der Waals surface area contributed by atoms with Crippen molar-refractivity contribution in [2.45, 2.75) is 10.9 Å². The summed E-state index contributed by atoms with van der Waals surface area (Å²) in [5.74, 6) is -0.533. The van der Waals surface area contributed by atoms with Crippen molar-refractivity contribution in [2.24, 2.45) is 0 Å². The molecule has 3 aromatic carbocycles. The number of hydrogen-bond donors (Lipinski definition) is 0. The molecule has 0 N–H and O–H groups in total. The molecule has 0 bridgehead atoms. The third-order valence-corrected chi connectivity index (χ3v) is 7.00. The van der Waals surface area contributed by atoms with E-state index in [1.165, 1.54) is 13.3 Å². The van der Waals surface area contributed by atoms with Gasteiger partial charge in [-0.2, -0.15) is 0 Å². The topological polar surface area (TPSA) is 52.4 Å². The second-order valence-electron chi connectivity index (χ2n) is 6.13. The van der Waals surface area contributed by atoms with Crippen molar-refractivity contribution < 1.29 is 14.3 Å². The van der Waals surface area contributed by atoms with Crippen LogP contribution in [0.25, 0.3) is 0 Å². The van der Waals surface area contributed by atoms with Gasteiger partial charge in [0.25, 0.3) is 0 Å². The molecule has 0 saturated heterocycles. The van der Waals surface area contributed by atoms with Gasteiger partial charge in [-0.3, -0.25) is 0 Å². The number of esters is 1. The maximum absolute atomic E-state index is 13.1. The van der Waals surface area contributed by atoms with Crippen LogP contribution in [0, 0.1) is 5.21 Å². The van der Waals surface area contributed by atoms with Gasteiger partial charge < -0.3 is 0 Å². The molecule has 4 nitrogen and oxygen atoms in total. The zero-order chi connectivity index (χ0) is 19.8. The monoisotopic (exact) mass is 439 g/mol. The number of methoxy groups -OCH3 is 1. The molecule has 0 amide bonds. The molecule has 0 aliphatic rings. The second kappa shape index (κ2) is 9.88. The SMILES string of the molecule is COC(=O)C(C([Se]c1ccccc1)c1ccccc1)/[N+]([O-])=C/c1ccccc1. The van der Waals surface area contributed by atoms with Crippen molar-refractivity contribution in [3.05, 3.63) is 107 Å². The van der Waals surface area contributed by atoms with E-state index in [0.717, 1.165) is 20.3 Å². The van der Waals surface area contributed by atoms with Crippen LogP contribution in [0.3, 0.4) is 0 Å². The van der Waals surface area contributed by atoms with Gasteiger partial charge >= 0.3 is 171 Å². The van der Waals surface area contributed by atoms with E-state index in [0.29, 0.717) is 0 Å². The second-order valence-corrected chi connectivity index (χ2v) is 8.68. The summed E-state index contributed by atoms with van der Waals surface area (Å²) in [5.41, 5.74) is 1.69. The quantitative estimate of drug-likeness (QED) is 0.142. The fourth-order valence-electron chi connectivity index (χ4n) is 2.85. The van der Waals surface area contributed by atoms with Crippen molar-refractivity contribution >= 4 is 31.6 Å². The van der Waals surface area contributed by atoms with Crippen LogP contribution in [-0.2, 0) is 9.53 Å². The first-order valence-corrected chi connectivity index (χ1v) is 10.7. The summed E-state index contributed by atoms with van der Waals surface area (Å²) in [4.78, 5) is 12.4. The number of hydroxylamine groups is 1. The first kappa shape index (κ1) is 19.9. The van der Waals surface area contributed by atoms with Gasteiger partial charge in [0.2, 0.25) is 0 Å². The molecule has 142 valence electrons. The summed E-state index contributed by atoms with van der Waals surface area (Å²) in [6.07, 6.45) is 1.46. The molecule has 2 unspecified atom stereocenters. The first-order valence-electron chi connectivity index (χ1n) is 8.89. The van der Waals surface area contributed by atoms with Crippen LogP contribution in [0.4, 0.5) is 0 Å². The van der Waals surface area contributed by atoms with E-state index in [1.54, 1.807) is 0 Å². The molecule has 3 aromatic rings. The van der Waals surface area contributed by atoms with Gasteiger partial charge in [-0.15, -0.1) is 0 Å². The van der Waals surface area contributed by atoms with Gasteiger partial charge in [-0.25, -0.2) is 0 Å². The number of nitrogens with zero attached hydrogens (tertiary/aromatic N) is 1. The third kappa shape index (κ3) is 5.09. The Hall–Kier alpha value is -2.88. The van der Waals surface area contributed by atoms with Crippen LogP contribution in [-0.4, -0.2) is 45.0 Å². The number of ether oxygens (including phenoxy) is 1. The molecule has 0 aliphatic heterocycles. The molecule has 0 radical (unpaired) electrons. The van der Waals surface area contributed by atoms with Crippen LogP contribution in [0.5, 0.6) is 0 Å². The molecule has 0 spiro atoms. The Labute approximate surface area is 171 Å². The Bertz CT molecular complexity index is 914. The van der Waals surface area contributed by atoms with Crippen LogP contribution < -0.4 is 4.46 Å². The van der Waals surface area contributed by atoms with Gasteiger partial charge in [-0.1, -0.05) is 0 Å². The molecule has 0 aromatic heterocycles. The molecule has 0 saturated carbocycles. The van der Waals surface area contributed by atoms with E-state index in [9.17, 15) is 10.0 Å². The Morgan fingerprint density at radius 3 is 2.04 bits per heavy atom. The van der Waals surface area contributed by atoms with E-state index in [-0.39, 0.29) is 19.8 Å². The standard InChI is InChI=1S/C23H21NO3Se/c1-27-23(25)21(24(26)17-18-11-5-2-6-12-18)22(19-13-7-3-8-14-19)28-20-15-9-4-10-16-20/h2-17,21-22H,1H3/b24-17-. The van der Waals surface area contributed by atoms with Gasteiger partial charge in [0.1, 0.15) is 0 Å². The third-order valence-electron chi connectivity index (χ3n) is 4.21. The average Bonchev–Trinajstić information content (AvgIpc) is 2.75. The summed E-state index contributed by atoms with van der Waals surface area (Å²) in [5, 5.41) is 13.1. The fourth-order valence-corrected chi connectivity index (χ4v) is 5.50. The zero-order valence-corrected chi connectivity index (χ0v) is 17.2. The van der Waals surface area contributed by atoms with Gasteiger partial charge in [0.05, 0.1) is 0 Å². The summed E-state index contributed by atoms with van der Waals surface area (Å²) < 4.78 is 6.88. The van der Waals surface area contributed by atoms with Crippen LogP contribution in [0.2, 0.25) is 0 Å². The van der Waals surface area contributed by atoms with E-state index in [1.807, 2.05) is 91.0 Å². The molecule has 28 heavy (non-hydrogen) atoms. The first-order chi connectivity index (χ1) is 13.7. The number of carbonyl (C=O) groups excluding carboxylic acids is 1. The maximum atomic E-state index is 13.1. The van der Waals surface area contributed by atoms with Crippen LogP contribution in [0.1, 0.15) is 15.9 Å². The fraction of sp³-hybridized carbons (Fsp3) is 0.130. The van der Waals surface area contributed by atoms with Crippen molar-refractivity contribution in [2.75, 3.05) is 7.11 Å². The molecule has 0 aliphatic carbocycles. The van der Waals surface area contributed by atoms with Gasteiger partial charge in [0, 0.05) is 0 Å². The molecule has 0 heterocycles. The van der Waals surface area contributed by atoms with E-state index in [2.05, 4.69) is 0 Å². The van der Waals surface area contributed by atoms with Crippen molar-refractivity contribution in [3.63, 3.8) is 0 Å². The van der Waals surface area contributed by atoms with Crippen molar-refractivity contribution in [3.8, 4) is 0 Å². The van der Waals surface area contributed by atoms with E-state index < -0.39 is 12.0 Å². The number of carbonyl (C=O) groups is 1. The van der Waals surface area contributed by atoms with Crippen LogP contribution in [0.15, 0.2) is 91.0 Å². The molecule has 0 fully saturated rings. The van der Waals surface area contributed by atoms with Gasteiger partial charge in [-0.05, 0) is 0 Å². The summed E-state index contributed by atoms with van der Waals surface area (Å²) in [6, 6.07) is 27.9. The molecule has 5 heteroatoms. The summed E-state index contributed by atoms with van der Waals surface area (Å²) >= 11 is -0.144. The predicted octanol–water partition coefficient (Wildman–Crippen LogP) is 2.93. The minimum atomic E-state index is -0.965. The molecule has 2 atom stereocenters. The number of benzene rings is 3. The Kier molecular flexibility index (Phi) is 7.01. The Morgan fingerprint density at radius 2 is 1.46 bits per heavy atom. The van der Waals surface area contributed by atoms with E-state index >= 15 is 0 Å². The minimum absolute atomic E-state index is 0.144. The van der Waals surface area contributed by atoms with Crippen molar-refractivity contribution in [1.29, 1.82) is 0 Å². The zero-order valence-electron chi connectivity index (χ0n) is 15.5. The predicted molar refractivity (Wildman–Crippen MR) is 112 cm³/mol. The summed E-state index contributed by atoms with van der Waals surface area (Å²) in [7, 11) is 1.32. The molecular weight excluding hydrogens is 417 g/mol. The van der Waals surface area contributed by atoms with Crippen LogP contribution >= 0.6 is 0 Å². The number of rotatable bonds is 7. The molecule has 3 rings (SSSR count). The summed E-state index contributed by atoms with van der Waals surface area (Å²) in [6.45, 7) is 0. The molecular formula is C23H21NO3Se. The Balaban J connectivity index is 2.03. The normalized spacial score (nSPS) is 13.5. The average molecular weight is 438 g/mol. The van der Waals surface area contributed by atoms with E-state index in [4.69, 9.17) is 4.74 Å². The van der Waals surface area contributed by atoms with Crippen molar-refractivity contribution in [1.82, 2.24) is 0 Å².